The van der Waals surface area contributed by atoms with Gasteiger partial charge in [0.15, 0.2) is 5.13 Å². The molecule has 7 heteroatoms. The summed E-state index contributed by atoms with van der Waals surface area (Å²) in [6.07, 6.45) is 5.31. The zero-order chi connectivity index (χ0) is 12.4. The molecule has 0 aromatic carbocycles. The van der Waals surface area contributed by atoms with Crippen molar-refractivity contribution in [2.45, 2.75) is 26.4 Å². The molecule has 0 atom stereocenters. The largest absolute Gasteiger partial charge is 0.328 e. The zero-order valence-corrected chi connectivity index (χ0v) is 10.6. The summed E-state index contributed by atoms with van der Waals surface area (Å²) in [5.41, 5.74) is 2.48. The molecular formula is C10H15N5OS. The number of nitrogen functional groups attached to an aromatic ring is 1. The van der Waals surface area contributed by atoms with Crippen molar-refractivity contribution < 1.29 is 0 Å². The van der Waals surface area contributed by atoms with E-state index in [1.807, 2.05) is 13.8 Å². The van der Waals surface area contributed by atoms with Crippen LogP contribution in [0.5, 0.6) is 0 Å². The molecule has 0 amide bonds. The monoisotopic (exact) mass is 253 g/mol. The van der Waals surface area contributed by atoms with Crippen LogP contribution in [0.15, 0.2) is 23.4 Å². The Morgan fingerprint density at radius 1 is 1.53 bits per heavy atom. The molecule has 2 heterocycles. The molecule has 0 aliphatic carbocycles. The highest BCUT2D eigenvalue weighted by Crippen LogP contribution is 2.17. The molecule has 2 aromatic heterocycles. The molecular weight excluding hydrogens is 238 g/mol. The third-order valence-corrected chi connectivity index (χ3v) is 3.35. The van der Waals surface area contributed by atoms with E-state index in [1.165, 1.54) is 11.3 Å². The van der Waals surface area contributed by atoms with Gasteiger partial charge in [0.05, 0.1) is 6.54 Å². The van der Waals surface area contributed by atoms with Gasteiger partial charge >= 0.3 is 5.69 Å². The lowest BCUT2D eigenvalue weighted by atomic mass is 10.4. The Morgan fingerprint density at radius 2 is 2.29 bits per heavy atom. The topological polar surface area (TPSA) is 77.9 Å². The van der Waals surface area contributed by atoms with Gasteiger partial charge in [-0.15, -0.1) is 0 Å². The third-order valence-electron chi connectivity index (χ3n) is 2.43. The van der Waals surface area contributed by atoms with Crippen LogP contribution in [0.25, 0.3) is 0 Å². The molecule has 92 valence electrons. The van der Waals surface area contributed by atoms with Gasteiger partial charge in [-0.3, -0.25) is 14.6 Å². The van der Waals surface area contributed by atoms with Crippen LogP contribution in [0.2, 0.25) is 0 Å². The molecule has 0 aliphatic heterocycles. The average Bonchev–Trinajstić information content (AvgIpc) is 2.87. The van der Waals surface area contributed by atoms with E-state index in [4.69, 9.17) is 5.84 Å². The first kappa shape index (κ1) is 11.9. The van der Waals surface area contributed by atoms with Crippen LogP contribution < -0.4 is 17.0 Å². The van der Waals surface area contributed by atoms with Gasteiger partial charge in [-0.2, -0.15) is 0 Å². The second kappa shape index (κ2) is 4.72. The summed E-state index contributed by atoms with van der Waals surface area (Å²) in [6, 6.07) is 0.173. The number of thiazole rings is 1. The summed E-state index contributed by atoms with van der Waals surface area (Å²) in [5, 5.41) is 0.649. The Bertz CT molecular complexity index is 553. The average molecular weight is 253 g/mol. The second-order valence-electron chi connectivity index (χ2n) is 3.99. The molecule has 0 fully saturated rings. The number of aromatic nitrogens is 3. The second-order valence-corrected chi connectivity index (χ2v) is 5.10. The fourth-order valence-electron chi connectivity index (χ4n) is 1.56. The van der Waals surface area contributed by atoms with Crippen molar-refractivity contribution >= 4 is 16.5 Å². The van der Waals surface area contributed by atoms with Crippen molar-refractivity contribution in [1.82, 2.24) is 14.1 Å². The Labute approximate surface area is 103 Å². The Balaban J connectivity index is 2.22. The number of imidazole rings is 1. The van der Waals surface area contributed by atoms with Crippen molar-refractivity contribution in [1.29, 1.82) is 0 Å². The fourth-order valence-corrected chi connectivity index (χ4v) is 2.28. The maximum Gasteiger partial charge on any atom is 0.328 e. The number of rotatable bonds is 4. The lowest BCUT2D eigenvalue weighted by Crippen LogP contribution is -2.25. The number of nitrogens with two attached hydrogens (primary N) is 1. The van der Waals surface area contributed by atoms with Gasteiger partial charge in [0.1, 0.15) is 0 Å². The van der Waals surface area contributed by atoms with E-state index in [0.29, 0.717) is 11.7 Å². The summed E-state index contributed by atoms with van der Waals surface area (Å²) in [7, 11) is 0. The summed E-state index contributed by atoms with van der Waals surface area (Å²) in [5.74, 6) is 5.26. The number of anilines is 1. The van der Waals surface area contributed by atoms with E-state index < -0.39 is 0 Å². The van der Waals surface area contributed by atoms with Gasteiger partial charge in [-0.1, -0.05) is 11.3 Å². The summed E-state index contributed by atoms with van der Waals surface area (Å²) >= 11 is 1.44. The molecule has 0 saturated heterocycles. The van der Waals surface area contributed by atoms with E-state index in [0.717, 1.165) is 4.88 Å². The summed E-state index contributed by atoms with van der Waals surface area (Å²) < 4.78 is 3.36. The van der Waals surface area contributed by atoms with Gasteiger partial charge in [-0.05, 0) is 13.8 Å². The minimum Gasteiger partial charge on any atom is -0.300 e. The molecule has 2 aromatic rings. The van der Waals surface area contributed by atoms with Crippen LogP contribution in [0.3, 0.4) is 0 Å². The molecule has 0 aliphatic rings. The minimum atomic E-state index is -0.00402. The van der Waals surface area contributed by atoms with Crippen LogP contribution in [-0.2, 0) is 6.54 Å². The third kappa shape index (κ3) is 2.40. The summed E-state index contributed by atoms with van der Waals surface area (Å²) in [6.45, 7) is 4.49. The maximum absolute atomic E-state index is 12.0. The van der Waals surface area contributed by atoms with E-state index in [9.17, 15) is 4.79 Å². The standard InChI is InChI=1S/C10H15N5OS/c1-7(2)15-4-3-14(10(15)16)6-8-5-12-9(13-11)17-8/h3-5,7H,6,11H2,1-2H3,(H,12,13). The molecule has 0 saturated carbocycles. The lowest BCUT2D eigenvalue weighted by Gasteiger charge is -2.04. The van der Waals surface area contributed by atoms with Crippen molar-refractivity contribution in [3.05, 3.63) is 34.0 Å². The van der Waals surface area contributed by atoms with Crippen molar-refractivity contribution in [3.8, 4) is 0 Å². The first-order valence-electron chi connectivity index (χ1n) is 5.30. The summed E-state index contributed by atoms with van der Waals surface area (Å²) in [4.78, 5) is 17.0. The molecule has 0 spiro atoms. The first-order chi connectivity index (χ1) is 8.11. The van der Waals surface area contributed by atoms with Crippen LogP contribution >= 0.6 is 11.3 Å². The predicted octanol–water partition coefficient (Wildman–Crippen LogP) is 1.02. The molecule has 2 rings (SSSR count). The number of hydrogen-bond donors (Lipinski definition) is 2. The predicted molar refractivity (Wildman–Crippen MR) is 68.1 cm³/mol. The zero-order valence-electron chi connectivity index (χ0n) is 9.75. The van der Waals surface area contributed by atoms with Gasteiger partial charge < -0.3 is 0 Å². The van der Waals surface area contributed by atoms with Gasteiger partial charge in [0, 0.05) is 29.5 Å². The molecule has 0 bridgehead atoms. The van der Waals surface area contributed by atoms with Crippen LogP contribution in [0, 0.1) is 0 Å². The normalized spacial score (nSPS) is 11.1. The van der Waals surface area contributed by atoms with E-state index in [1.54, 1.807) is 27.7 Å². The van der Waals surface area contributed by atoms with Crippen molar-refractivity contribution in [2.75, 3.05) is 5.43 Å². The number of nitrogens with one attached hydrogen (secondary N) is 1. The Hall–Kier alpha value is -1.60. The number of hydrazine groups is 1. The number of nitrogens with zero attached hydrogens (tertiary/aromatic N) is 3. The van der Waals surface area contributed by atoms with Crippen molar-refractivity contribution in [2.24, 2.45) is 5.84 Å². The van der Waals surface area contributed by atoms with E-state index >= 15 is 0 Å². The van der Waals surface area contributed by atoms with Gasteiger partial charge in [0.25, 0.3) is 0 Å². The minimum absolute atomic E-state index is 0.00402. The van der Waals surface area contributed by atoms with Crippen molar-refractivity contribution in [3.63, 3.8) is 0 Å². The van der Waals surface area contributed by atoms with Crippen LogP contribution in [0.1, 0.15) is 24.8 Å². The highest BCUT2D eigenvalue weighted by molar-refractivity contribution is 7.15. The highest BCUT2D eigenvalue weighted by Gasteiger charge is 2.08. The SMILES string of the molecule is CC(C)n1ccn(Cc2cnc(NN)s2)c1=O. The molecule has 0 unspecified atom stereocenters. The van der Waals surface area contributed by atoms with Crippen LogP contribution in [-0.4, -0.2) is 14.1 Å². The molecule has 17 heavy (non-hydrogen) atoms. The Kier molecular flexibility index (Phi) is 3.30. The highest BCUT2D eigenvalue weighted by atomic mass is 32.1. The number of hydrogen-bond acceptors (Lipinski definition) is 5. The van der Waals surface area contributed by atoms with E-state index in [-0.39, 0.29) is 11.7 Å². The lowest BCUT2D eigenvalue weighted by molar-refractivity contribution is 0.562. The van der Waals surface area contributed by atoms with Crippen LogP contribution in [0.4, 0.5) is 5.13 Å². The smallest absolute Gasteiger partial charge is 0.300 e. The fraction of sp³-hybridized carbons (Fsp3) is 0.400. The maximum atomic E-state index is 12.0. The van der Waals surface area contributed by atoms with E-state index in [2.05, 4.69) is 10.4 Å². The quantitative estimate of drug-likeness (QED) is 0.630. The van der Waals surface area contributed by atoms with Gasteiger partial charge in [-0.25, -0.2) is 15.6 Å². The molecule has 6 nitrogen and oxygen atoms in total. The molecule has 0 radical (unpaired) electrons. The first-order valence-corrected chi connectivity index (χ1v) is 6.12. The molecule has 3 N–H and O–H groups in total. The van der Waals surface area contributed by atoms with Gasteiger partial charge in [0.2, 0.25) is 0 Å². The Morgan fingerprint density at radius 3 is 2.82 bits per heavy atom.